The van der Waals surface area contributed by atoms with Gasteiger partial charge in [0.05, 0.1) is 9.79 Å². The second-order valence-electron chi connectivity index (χ2n) is 7.05. The van der Waals surface area contributed by atoms with Gasteiger partial charge in [-0.15, -0.1) is 0 Å². The lowest BCUT2D eigenvalue weighted by Crippen LogP contribution is -2.36. The van der Waals surface area contributed by atoms with Crippen LogP contribution < -0.4 is 14.2 Å². The third-order valence-corrected chi connectivity index (χ3v) is 12.2. The minimum atomic E-state index is -3.88. The quantitative estimate of drug-likeness (QED) is 0.183. The maximum Gasteiger partial charge on any atom is 0.263 e. The van der Waals surface area contributed by atoms with E-state index < -0.39 is 20.0 Å². The van der Waals surface area contributed by atoms with Gasteiger partial charge in [0.25, 0.3) is 20.0 Å². The van der Waals surface area contributed by atoms with Crippen LogP contribution in [0.3, 0.4) is 0 Å². The van der Waals surface area contributed by atoms with Crippen LogP contribution in [0.5, 0.6) is 11.5 Å². The molecular formula is C22H30N4O5S8. The Balaban J connectivity index is 2.06. The molecule has 0 aliphatic rings. The summed E-state index contributed by atoms with van der Waals surface area (Å²) in [6.45, 7) is 7.82. The van der Waals surface area contributed by atoms with E-state index in [0.717, 1.165) is 23.0 Å². The maximum atomic E-state index is 12.8. The van der Waals surface area contributed by atoms with Gasteiger partial charge < -0.3 is 4.74 Å². The highest BCUT2D eigenvalue weighted by atomic mass is 32.2. The van der Waals surface area contributed by atoms with Crippen LogP contribution in [-0.2, 0) is 20.0 Å². The number of nitrogens with zero attached hydrogens (tertiary/aromatic N) is 2. The molecule has 0 spiro atoms. The summed E-state index contributed by atoms with van der Waals surface area (Å²) in [5.41, 5.74) is 0. The molecule has 0 aliphatic carbocycles. The number of sulfonamides is 2. The van der Waals surface area contributed by atoms with Crippen molar-refractivity contribution in [3.8, 4) is 11.5 Å². The van der Waals surface area contributed by atoms with Crippen LogP contribution in [0.4, 0.5) is 0 Å². The molecule has 17 heteroatoms. The molecule has 0 radical (unpaired) electrons. The molecule has 2 N–H and O–H groups in total. The van der Waals surface area contributed by atoms with E-state index in [4.69, 9.17) is 29.2 Å². The summed E-state index contributed by atoms with van der Waals surface area (Å²) in [5, 5.41) is 0.195. The minimum absolute atomic E-state index is 0.0279. The Labute approximate surface area is 259 Å². The van der Waals surface area contributed by atoms with Crippen LogP contribution in [-0.4, -0.2) is 57.5 Å². The number of hydrogen-bond acceptors (Lipinski definition) is 11. The smallest absolute Gasteiger partial charge is 0.263 e. The Hall–Kier alpha value is -1.08. The summed E-state index contributed by atoms with van der Waals surface area (Å²) < 4.78 is 65.1. The zero-order valence-corrected chi connectivity index (χ0v) is 28.2. The topological polar surface area (TPSA) is 108 Å². The van der Waals surface area contributed by atoms with Crippen molar-refractivity contribution in [1.29, 1.82) is 0 Å². The van der Waals surface area contributed by atoms with Crippen LogP contribution in [0.25, 0.3) is 0 Å². The van der Waals surface area contributed by atoms with Crippen molar-refractivity contribution in [3.05, 3.63) is 48.5 Å². The zero-order valence-electron chi connectivity index (χ0n) is 21.6. The number of ether oxygens (including phenoxy) is 1. The molecule has 0 heterocycles. The lowest BCUT2D eigenvalue weighted by molar-refractivity contribution is 0.481. The number of nitrogens with one attached hydrogen (secondary N) is 2. The van der Waals surface area contributed by atoms with Gasteiger partial charge in [0.15, 0.2) is 0 Å². The molecule has 2 aromatic carbocycles. The van der Waals surface area contributed by atoms with Gasteiger partial charge in [-0.2, -0.15) is 0 Å². The molecule has 0 unspecified atom stereocenters. The molecule has 216 valence electrons. The monoisotopic (exact) mass is 686 g/mol. The lowest BCUT2D eigenvalue weighted by atomic mass is 10.3. The van der Waals surface area contributed by atoms with Gasteiger partial charge in [-0.1, -0.05) is 27.7 Å². The number of thiocarbonyl (C=S) groups is 2. The summed E-state index contributed by atoms with van der Waals surface area (Å²) in [7, 11) is -7.76. The first-order valence-electron chi connectivity index (χ1n) is 11.6. The molecule has 2 rings (SSSR count). The Morgan fingerprint density at radius 2 is 0.923 bits per heavy atom. The first kappa shape index (κ1) is 34.1. The highest BCUT2D eigenvalue weighted by Crippen LogP contribution is 2.26. The highest BCUT2D eigenvalue weighted by molar-refractivity contribution is 8.14. The van der Waals surface area contributed by atoms with Crippen molar-refractivity contribution in [2.75, 3.05) is 23.0 Å². The van der Waals surface area contributed by atoms with Crippen molar-refractivity contribution in [2.45, 2.75) is 37.5 Å². The molecular weight excluding hydrogens is 657 g/mol. The molecule has 39 heavy (non-hydrogen) atoms. The third-order valence-electron chi connectivity index (χ3n) is 4.26. The second kappa shape index (κ2) is 16.4. The zero-order chi connectivity index (χ0) is 29.1. The van der Waals surface area contributed by atoms with Gasteiger partial charge >= 0.3 is 0 Å². The maximum absolute atomic E-state index is 12.8. The molecule has 2 aromatic rings. The average molecular weight is 687 g/mol. The summed E-state index contributed by atoms with van der Waals surface area (Å²) in [4.78, 5) is 0.0558. The molecule has 0 aliphatic heterocycles. The molecule has 0 fully saturated rings. The average Bonchev–Trinajstić information content (AvgIpc) is 2.88. The van der Waals surface area contributed by atoms with E-state index in [-0.39, 0.29) is 20.0 Å². The van der Waals surface area contributed by atoms with E-state index in [0.29, 0.717) is 11.5 Å². The predicted molar refractivity (Wildman–Crippen MR) is 175 cm³/mol. The minimum Gasteiger partial charge on any atom is -0.457 e. The Morgan fingerprint density at radius 1 is 0.641 bits per heavy atom. The molecule has 0 aromatic heterocycles. The summed E-state index contributed by atoms with van der Waals surface area (Å²) in [6.07, 6.45) is 0. The number of benzene rings is 2. The molecule has 0 bridgehead atoms. The van der Waals surface area contributed by atoms with E-state index in [1.807, 2.05) is 27.7 Å². The van der Waals surface area contributed by atoms with Crippen LogP contribution in [0.15, 0.2) is 58.3 Å². The predicted octanol–water partition coefficient (Wildman–Crippen LogP) is 5.88. The third kappa shape index (κ3) is 10.7. The fourth-order valence-corrected chi connectivity index (χ4v) is 9.55. The lowest BCUT2D eigenvalue weighted by Gasteiger charge is -2.21. The SMILES string of the molecule is CCSN(SCC)C(=S)NS(=O)(=O)c1ccc(Oc2ccc(S(=O)(=O)NC(=S)N(SCC)SCC)cc2)cc1. The van der Waals surface area contributed by atoms with Crippen LogP contribution in [0, 0.1) is 0 Å². The summed E-state index contributed by atoms with van der Waals surface area (Å²) >= 11 is 16.2. The molecule has 9 nitrogen and oxygen atoms in total. The molecule has 0 saturated carbocycles. The van der Waals surface area contributed by atoms with E-state index >= 15 is 0 Å². The number of rotatable bonds is 14. The van der Waals surface area contributed by atoms with E-state index in [1.54, 1.807) is 7.42 Å². The first-order chi connectivity index (χ1) is 18.5. The van der Waals surface area contributed by atoms with Crippen LogP contribution in [0.2, 0.25) is 0 Å². The largest absolute Gasteiger partial charge is 0.457 e. The highest BCUT2D eigenvalue weighted by Gasteiger charge is 2.21. The van der Waals surface area contributed by atoms with E-state index in [9.17, 15) is 16.8 Å². The van der Waals surface area contributed by atoms with E-state index in [1.165, 1.54) is 96.3 Å². The Bertz CT molecular complexity index is 1190. The van der Waals surface area contributed by atoms with Crippen molar-refractivity contribution >= 4 is 102 Å². The fourth-order valence-electron chi connectivity index (χ4n) is 2.71. The van der Waals surface area contributed by atoms with Crippen molar-refractivity contribution in [3.63, 3.8) is 0 Å². The second-order valence-corrected chi connectivity index (χ2v) is 16.5. The standard InChI is InChI=1S/C22H30N4O5S8/c1-5-34-25(35-6-2)21(32)23-38(27,28)19-13-9-17(10-14-19)31-18-11-15-20(16-12-18)39(29,30)24-22(33)26(36-7-3)37-8-4/h9-16H,5-8H2,1-4H3,(H,23,32)(H,24,33). The number of hydrogen-bond donors (Lipinski definition) is 2. The van der Waals surface area contributed by atoms with Crippen LogP contribution >= 0.6 is 72.2 Å². The van der Waals surface area contributed by atoms with Gasteiger partial charge in [-0.05, 0) is 121 Å². The molecule has 0 atom stereocenters. The van der Waals surface area contributed by atoms with E-state index in [2.05, 4.69) is 9.44 Å². The van der Waals surface area contributed by atoms with Crippen LogP contribution in [0.1, 0.15) is 27.7 Å². The Kier molecular flexibility index (Phi) is 14.3. The van der Waals surface area contributed by atoms with Gasteiger partial charge in [0.1, 0.15) is 11.5 Å². The van der Waals surface area contributed by atoms with Gasteiger partial charge in [0, 0.05) is 23.0 Å². The van der Waals surface area contributed by atoms with Crippen molar-refractivity contribution in [1.82, 2.24) is 16.9 Å². The Morgan fingerprint density at radius 3 is 1.18 bits per heavy atom. The van der Waals surface area contributed by atoms with Gasteiger partial charge in [-0.3, -0.25) is 9.44 Å². The first-order valence-corrected chi connectivity index (χ1v) is 19.2. The van der Waals surface area contributed by atoms with Gasteiger partial charge in [0.2, 0.25) is 10.2 Å². The van der Waals surface area contributed by atoms with Crippen molar-refractivity contribution < 1.29 is 21.6 Å². The fraction of sp³-hybridized carbons (Fsp3) is 0.364. The normalized spacial score (nSPS) is 11.5. The van der Waals surface area contributed by atoms with Crippen molar-refractivity contribution in [2.24, 2.45) is 0 Å². The molecule has 0 amide bonds. The molecule has 0 saturated heterocycles. The summed E-state index contributed by atoms with van der Waals surface area (Å²) in [6, 6.07) is 11.6. The van der Waals surface area contributed by atoms with Gasteiger partial charge in [-0.25, -0.2) is 24.3 Å². The summed E-state index contributed by atoms with van der Waals surface area (Å²) in [5.74, 6) is 3.72.